The summed E-state index contributed by atoms with van der Waals surface area (Å²) in [7, 11) is 1.96. The molecule has 0 aliphatic carbocycles. The van der Waals surface area contributed by atoms with E-state index in [9.17, 15) is 9.59 Å². The predicted octanol–water partition coefficient (Wildman–Crippen LogP) is 3.42. The first kappa shape index (κ1) is 21.0. The minimum absolute atomic E-state index is 0.0426. The summed E-state index contributed by atoms with van der Waals surface area (Å²) in [4.78, 5) is 28.8. The molecule has 0 bridgehead atoms. The van der Waals surface area contributed by atoms with Crippen LogP contribution in [0.1, 0.15) is 31.5 Å². The lowest BCUT2D eigenvalue weighted by molar-refractivity contribution is -0.141. The Kier molecular flexibility index (Phi) is 7.92. The van der Waals surface area contributed by atoms with Crippen LogP contribution in [-0.2, 0) is 29.7 Å². The van der Waals surface area contributed by atoms with Gasteiger partial charge in [0.2, 0.25) is 11.8 Å². The fraction of sp³-hybridized carbons (Fsp3) is 0.429. The van der Waals surface area contributed by atoms with Gasteiger partial charge in [-0.05, 0) is 31.0 Å². The summed E-state index contributed by atoms with van der Waals surface area (Å²) in [6, 6.07) is 13.8. The van der Waals surface area contributed by atoms with Gasteiger partial charge in [-0.1, -0.05) is 37.3 Å². The Balaban J connectivity index is 2.18. The smallest absolute Gasteiger partial charge is 0.242 e. The Labute approximate surface area is 166 Å². The standard InChI is InChI=1S/C21H28ClN3O2/c1-4-12-24(21(27)17(2)22)16-20(26)25(14-18-9-6-5-7-10-18)15-19-11-8-13-23(19)3/h5-11,13,17H,4,12,14-16H2,1-3H3/t17-/m1/s1. The average Bonchev–Trinajstić information content (AvgIpc) is 3.05. The Morgan fingerprint density at radius 2 is 1.78 bits per heavy atom. The topological polar surface area (TPSA) is 45.6 Å². The van der Waals surface area contributed by atoms with E-state index in [4.69, 9.17) is 11.6 Å². The van der Waals surface area contributed by atoms with Crippen LogP contribution in [-0.4, -0.2) is 44.6 Å². The van der Waals surface area contributed by atoms with Crippen LogP contribution < -0.4 is 0 Å². The van der Waals surface area contributed by atoms with Crippen LogP contribution in [0.15, 0.2) is 48.7 Å². The van der Waals surface area contributed by atoms with Crippen LogP contribution >= 0.6 is 11.6 Å². The van der Waals surface area contributed by atoms with Gasteiger partial charge in [-0.2, -0.15) is 0 Å². The molecule has 146 valence electrons. The molecule has 2 rings (SSSR count). The van der Waals surface area contributed by atoms with E-state index in [-0.39, 0.29) is 18.4 Å². The molecular formula is C21H28ClN3O2. The highest BCUT2D eigenvalue weighted by Gasteiger charge is 2.24. The zero-order valence-corrected chi connectivity index (χ0v) is 17.0. The molecule has 0 radical (unpaired) electrons. The highest BCUT2D eigenvalue weighted by molar-refractivity contribution is 6.30. The van der Waals surface area contributed by atoms with Crippen LogP contribution in [0, 0.1) is 0 Å². The molecule has 2 aromatic rings. The molecule has 0 saturated heterocycles. The number of alkyl halides is 1. The van der Waals surface area contributed by atoms with Crippen molar-refractivity contribution in [3.8, 4) is 0 Å². The first-order chi connectivity index (χ1) is 12.9. The predicted molar refractivity (Wildman–Crippen MR) is 108 cm³/mol. The van der Waals surface area contributed by atoms with E-state index in [1.54, 1.807) is 16.7 Å². The summed E-state index contributed by atoms with van der Waals surface area (Å²) in [5, 5.41) is -0.639. The molecule has 0 aliphatic heterocycles. The van der Waals surface area contributed by atoms with Gasteiger partial charge in [-0.3, -0.25) is 9.59 Å². The van der Waals surface area contributed by atoms with Gasteiger partial charge in [-0.15, -0.1) is 11.6 Å². The molecule has 0 N–H and O–H groups in total. The zero-order chi connectivity index (χ0) is 19.8. The van der Waals surface area contributed by atoms with Gasteiger partial charge in [-0.25, -0.2) is 0 Å². The van der Waals surface area contributed by atoms with E-state index < -0.39 is 5.38 Å². The molecule has 1 aromatic carbocycles. The lowest BCUT2D eigenvalue weighted by atomic mass is 10.2. The molecular weight excluding hydrogens is 362 g/mol. The van der Waals surface area contributed by atoms with E-state index >= 15 is 0 Å². The molecule has 5 nitrogen and oxygen atoms in total. The van der Waals surface area contributed by atoms with Gasteiger partial charge in [0.25, 0.3) is 0 Å². The fourth-order valence-corrected chi connectivity index (χ4v) is 3.08. The van der Waals surface area contributed by atoms with Crippen molar-refractivity contribution in [2.24, 2.45) is 7.05 Å². The molecule has 0 unspecified atom stereocenters. The Morgan fingerprint density at radius 1 is 1.07 bits per heavy atom. The van der Waals surface area contributed by atoms with Crippen molar-refractivity contribution in [2.45, 2.75) is 38.7 Å². The largest absolute Gasteiger partial charge is 0.353 e. The number of aromatic nitrogens is 1. The average molecular weight is 390 g/mol. The highest BCUT2D eigenvalue weighted by atomic mass is 35.5. The number of hydrogen-bond donors (Lipinski definition) is 0. The van der Waals surface area contributed by atoms with Crippen molar-refractivity contribution in [1.29, 1.82) is 0 Å². The number of amides is 2. The first-order valence-corrected chi connectivity index (χ1v) is 9.70. The van der Waals surface area contributed by atoms with Crippen molar-refractivity contribution in [3.05, 3.63) is 59.9 Å². The highest BCUT2D eigenvalue weighted by Crippen LogP contribution is 2.12. The Bertz CT molecular complexity index is 743. The lowest BCUT2D eigenvalue weighted by Gasteiger charge is -2.28. The van der Waals surface area contributed by atoms with Crippen molar-refractivity contribution < 1.29 is 9.59 Å². The van der Waals surface area contributed by atoms with Crippen molar-refractivity contribution in [2.75, 3.05) is 13.1 Å². The number of halogens is 1. The van der Waals surface area contributed by atoms with Gasteiger partial charge in [0.15, 0.2) is 0 Å². The summed E-state index contributed by atoms with van der Waals surface area (Å²) < 4.78 is 2.00. The van der Waals surface area contributed by atoms with Crippen molar-refractivity contribution >= 4 is 23.4 Å². The number of carbonyl (C=O) groups excluding carboxylic acids is 2. The number of rotatable bonds is 9. The molecule has 6 heteroatoms. The van der Waals surface area contributed by atoms with Crippen LogP contribution in [0.2, 0.25) is 0 Å². The number of hydrogen-bond acceptors (Lipinski definition) is 2. The van der Waals surface area contributed by atoms with E-state index in [1.807, 2.05) is 67.2 Å². The summed E-state index contributed by atoms with van der Waals surface area (Å²) in [6.07, 6.45) is 2.74. The maximum atomic E-state index is 13.1. The third kappa shape index (κ3) is 6.14. The number of aryl methyl sites for hydroxylation is 1. The second-order valence-corrected chi connectivity index (χ2v) is 7.38. The van der Waals surface area contributed by atoms with Gasteiger partial charge < -0.3 is 14.4 Å². The van der Waals surface area contributed by atoms with E-state index in [2.05, 4.69) is 0 Å². The molecule has 0 saturated carbocycles. The second kappa shape index (κ2) is 10.2. The molecule has 1 aromatic heterocycles. The van der Waals surface area contributed by atoms with E-state index in [0.29, 0.717) is 19.6 Å². The van der Waals surface area contributed by atoms with Crippen molar-refractivity contribution in [3.63, 3.8) is 0 Å². The Hall–Kier alpha value is -2.27. The van der Waals surface area contributed by atoms with Crippen LogP contribution in [0.4, 0.5) is 0 Å². The summed E-state index contributed by atoms with van der Waals surface area (Å²) >= 11 is 5.97. The molecule has 2 amide bonds. The number of nitrogens with zero attached hydrogens (tertiary/aromatic N) is 3. The minimum atomic E-state index is -0.639. The normalized spacial score (nSPS) is 11.9. The lowest BCUT2D eigenvalue weighted by Crippen LogP contribution is -2.45. The van der Waals surface area contributed by atoms with Gasteiger partial charge >= 0.3 is 0 Å². The van der Waals surface area contributed by atoms with Gasteiger partial charge in [0.05, 0.1) is 13.1 Å². The van der Waals surface area contributed by atoms with Gasteiger partial charge in [0, 0.05) is 32.0 Å². The Morgan fingerprint density at radius 3 is 2.33 bits per heavy atom. The quantitative estimate of drug-likeness (QED) is 0.617. The SMILES string of the molecule is CCCN(CC(=O)N(Cc1ccccc1)Cc1cccn1C)C(=O)[C@@H](C)Cl. The van der Waals surface area contributed by atoms with Crippen LogP contribution in [0.3, 0.4) is 0 Å². The molecule has 0 fully saturated rings. The molecule has 0 spiro atoms. The number of benzene rings is 1. The van der Waals surface area contributed by atoms with E-state index in [0.717, 1.165) is 17.7 Å². The molecule has 27 heavy (non-hydrogen) atoms. The monoisotopic (exact) mass is 389 g/mol. The second-order valence-electron chi connectivity index (χ2n) is 6.72. The zero-order valence-electron chi connectivity index (χ0n) is 16.3. The van der Waals surface area contributed by atoms with Crippen molar-refractivity contribution in [1.82, 2.24) is 14.4 Å². The third-order valence-corrected chi connectivity index (χ3v) is 4.63. The van der Waals surface area contributed by atoms with Crippen LogP contribution in [0.5, 0.6) is 0 Å². The molecule has 1 atom stereocenters. The molecule has 1 heterocycles. The summed E-state index contributed by atoms with van der Waals surface area (Å²) in [5.41, 5.74) is 2.09. The van der Waals surface area contributed by atoms with Crippen LogP contribution in [0.25, 0.3) is 0 Å². The third-order valence-electron chi connectivity index (χ3n) is 4.44. The molecule has 0 aliphatic rings. The van der Waals surface area contributed by atoms with E-state index in [1.165, 1.54) is 0 Å². The fourth-order valence-electron chi connectivity index (χ4n) is 2.94. The van der Waals surface area contributed by atoms with Gasteiger partial charge in [0.1, 0.15) is 5.38 Å². The summed E-state index contributed by atoms with van der Waals surface area (Å²) in [6.45, 7) is 5.17. The number of carbonyl (C=O) groups is 2. The summed E-state index contributed by atoms with van der Waals surface area (Å²) in [5.74, 6) is -0.287. The maximum absolute atomic E-state index is 13.1. The minimum Gasteiger partial charge on any atom is -0.353 e. The first-order valence-electron chi connectivity index (χ1n) is 9.27. The maximum Gasteiger partial charge on any atom is 0.242 e.